The molecular formula is C11H23NO. The summed E-state index contributed by atoms with van der Waals surface area (Å²) in [6.45, 7) is 12.0. The summed E-state index contributed by atoms with van der Waals surface area (Å²) >= 11 is 0. The Morgan fingerprint density at radius 2 is 2.00 bits per heavy atom. The molecule has 0 aliphatic carbocycles. The van der Waals surface area contributed by atoms with Crippen molar-refractivity contribution in [3.8, 4) is 0 Å². The number of hydrogen-bond donors (Lipinski definition) is 0. The minimum Gasteiger partial charge on any atom is -0.381 e. The zero-order chi connectivity index (χ0) is 9.73. The third kappa shape index (κ3) is 2.44. The molecule has 0 atom stereocenters. The zero-order valence-corrected chi connectivity index (χ0v) is 9.31. The highest BCUT2D eigenvalue weighted by atomic mass is 16.5. The molecular weight excluding hydrogens is 162 g/mol. The molecule has 13 heavy (non-hydrogen) atoms. The number of ether oxygens (including phenoxy) is 1. The summed E-state index contributed by atoms with van der Waals surface area (Å²) in [6, 6.07) is 0. The van der Waals surface area contributed by atoms with Gasteiger partial charge in [0.2, 0.25) is 0 Å². The summed E-state index contributed by atoms with van der Waals surface area (Å²) in [7, 11) is 0. The van der Waals surface area contributed by atoms with Crippen molar-refractivity contribution in [3.05, 3.63) is 0 Å². The van der Waals surface area contributed by atoms with E-state index in [9.17, 15) is 0 Å². The SMILES string of the molecule is CC.CCN1CC2(CCCOC2)C1. The minimum absolute atomic E-state index is 0.578. The first-order valence-corrected chi connectivity index (χ1v) is 5.65. The van der Waals surface area contributed by atoms with E-state index in [0.717, 1.165) is 13.2 Å². The number of nitrogens with zero attached hydrogens (tertiary/aromatic N) is 1. The van der Waals surface area contributed by atoms with Gasteiger partial charge in [-0.1, -0.05) is 20.8 Å². The van der Waals surface area contributed by atoms with Crippen molar-refractivity contribution >= 4 is 0 Å². The van der Waals surface area contributed by atoms with E-state index in [2.05, 4.69) is 11.8 Å². The summed E-state index contributed by atoms with van der Waals surface area (Å²) in [6.07, 6.45) is 2.67. The van der Waals surface area contributed by atoms with Gasteiger partial charge in [0.1, 0.15) is 0 Å². The maximum atomic E-state index is 5.49. The second kappa shape index (κ2) is 4.97. The fourth-order valence-electron chi connectivity index (χ4n) is 2.29. The Balaban J connectivity index is 0.000000396. The molecule has 0 bridgehead atoms. The Labute approximate surface area is 82.3 Å². The molecule has 0 aromatic heterocycles. The standard InChI is InChI=1S/C9H17NO.C2H6/c1-2-10-6-9(7-10)4-3-5-11-8-9;1-2/h2-8H2,1H3;1-2H3. The van der Waals surface area contributed by atoms with Crippen LogP contribution < -0.4 is 0 Å². The predicted molar refractivity (Wildman–Crippen MR) is 55.9 cm³/mol. The van der Waals surface area contributed by atoms with Crippen LogP contribution in [0.4, 0.5) is 0 Å². The van der Waals surface area contributed by atoms with Crippen LogP contribution in [-0.4, -0.2) is 37.7 Å². The molecule has 2 rings (SSSR count). The van der Waals surface area contributed by atoms with Gasteiger partial charge >= 0.3 is 0 Å². The summed E-state index contributed by atoms with van der Waals surface area (Å²) in [5.74, 6) is 0. The van der Waals surface area contributed by atoms with Crippen LogP contribution >= 0.6 is 0 Å². The fraction of sp³-hybridized carbons (Fsp3) is 1.00. The van der Waals surface area contributed by atoms with E-state index < -0.39 is 0 Å². The topological polar surface area (TPSA) is 12.5 Å². The van der Waals surface area contributed by atoms with Gasteiger partial charge in [-0.15, -0.1) is 0 Å². The third-order valence-electron chi connectivity index (χ3n) is 2.97. The molecule has 0 unspecified atom stereocenters. The lowest BCUT2D eigenvalue weighted by molar-refractivity contribution is -0.0984. The van der Waals surface area contributed by atoms with E-state index in [4.69, 9.17) is 4.74 Å². The Hall–Kier alpha value is -0.0800. The van der Waals surface area contributed by atoms with Crippen molar-refractivity contribution < 1.29 is 4.74 Å². The first-order chi connectivity index (χ1) is 6.35. The van der Waals surface area contributed by atoms with E-state index in [0.29, 0.717) is 5.41 Å². The summed E-state index contributed by atoms with van der Waals surface area (Å²) < 4.78 is 5.49. The fourth-order valence-corrected chi connectivity index (χ4v) is 2.29. The van der Waals surface area contributed by atoms with Crippen LogP contribution in [0.2, 0.25) is 0 Å². The molecule has 2 heterocycles. The molecule has 0 aromatic carbocycles. The van der Waals surface area contributed by atoms with Crippen molar-refractivity contribution in [1.82, 2.24) is 4.90 Å². The van der Waals surface area contributed by atoms with Gasteiger partial charge in [-0.2, -0.15) is 0 Å². The second-order valence-electron chi connectivity index (χ2n) is 3.96. The van der Waals surface area contributed by atoms with Crippen LogP contribution in [0.15, 0.2) is 0 Å². The monoisotopic (exact) mass is 185 g/mol. The number of likely N-dealkylation sites (tertiary alicyclic amines) is 1. The van der Waals surface area contributed by atoms with Crippen LogP contribution in [0.3, 0.4) is 0 Å². The van der Waals surface area contributed by atoms with Crippen molar-refractivity contribution in [1.29, 1.82) is 0 Å². The highest BCUT2D eigenvalue weighted by molar-refractivity contribution is 4.95. The van der Waals surface area contributed by atoms with Crippen molar-refractivity contribution in [3.63, 3.8) is 0 Å². The Morgan fingerprint density at radius 3 is 2.46 bits per heavy atom. The summed E-state index contributed by atoms with van der Waals surface area (Å²) in [4.78, 5) is 2.49. The second-order valence-corrected chi connectivity index (χ2v) is 3.96. The average Bonchev–Trinajstić information content (AvgIpc) is 2.18. The van der Waals surface area contributed by atoms with Crippen LogP contribution in [0.5, 0.6) is 0 Å². The van der Waals surface area contributed by atoms with E-state index in [1.54, 1.807) is 0 Å². The number of rotatable bonds is 1. The normalized spacial score (nSPS) is 26.1. The zero-order valence-electron chi connectivity index (χ0n) is 9.31. The predicted octanol–water partition coefficient (Wildman–Crippen LogP) is 2.14. The molecule has 1 spiro atoms. The van der Waals surface area contributed by atoms with Crippen LogP contribution in [0.1, 0.15) is 33.6 Å². The largest absolute Gasteiger partial charge is 0.381 e. The molecule has 2 nitrogen and oxygen atoms in total. The molecule has 0 N–H and O–H groups in total. The van der Waals surface area contributed by atoms with Crippen LogP contribution in [-0.2, 0) is 4.74 Å². The first-order valence-electron chi connectivity index (χ1n) is 5.65. The molecule has 2 fully saturated rings. The smallest absolute Gasteiger partial charge is 0.0547 e. The number of hydrogen-bond acceptors (Lipinski definition) is 2. The van der Waals surface area contributed by atoms with Gasteiger partial charge in [0.25, 0.3) is 0 Å². The van der Waals surface area contributed by atoms with Gasteiger partial charge in [0, 0.05) is 25.1 Å². The lowest BCUT2D eigenvalue weighted by atomic mass is 9.75. The Kier molecular flexibility index (Phi) is 4.20. The highest BCUT2D eigenvalue weighted by Crippen LogP contribution is 2.37. The Bertz CT molecular complexity index is 133. The summed E-state index contributed by atoms with van der Waals surface area (Å²) in [5, 5.41) is 0. The van der Waals surface area contributed by atoms with Gasteiger partial charge in [-0.25, -0.2) is 0 Å². The van der Waals surface area contributed by atoms with E-state index >= 15 is 0 Å². The lowest BCUT2D eigenvalue weighted by Crippen LogP contribution is -2.59. The van der Waals surface area contributed by atoms with Gasteiger partial charge in [-0.3, -0.25) is 0 Å². The molecule has 2 aliphatic heterocycles. The van der Waals surface area contributed by atoms with E-state index in [-0.39, 0.29) is 0 Å². The van der Waals surface area contributed by atoms with Gasteiger partial charge in [0.05, 0.1) is 6.61 Å². The molecule has 0 aromatic rings. The van der Waals surface area contributed by atoms with Crippen LogP contribution in [0, 0.1) is 5.41 Å². The third-order valence-corrected chi connectivity index (χ3v) is 2.97. The average molecular weight is 185 g/mol. The molecule has 0 radical (unpaired) electrons. The van der Waals surface area contributed by atoms with Crippen molar-refractivity contribution in [2.24, 2.45) is 5.41 Å². The van der Waals surface area contributed by atoms with E-state index in [1.165, 1.54) is 32.5 Å². The summed E-state index contributed by atoms with van der Waals surface area (Å²) in [5.41, 5.74) is 0.578. The van der Waals surface area contributed by atoms with Gasteiger partial charge in [0.15, 0.2) is 0 Å². The van der Waals surface area contributed by atoms with Gasteiger partial charge < -0.3 is 9.64 Å². The van der Waals surface area contributed by atoms with Crippen molar-refractivity contribution in [2.75, 3.05) is 32.8 Å². The molecule has 2 heteroatoms. The molecule has 2 aliphatic rings. The molecule has 0 saturated carbocycles. The molecule has 78 valence electrons. The maximum absolute atomic E-state index is 5.49. The lowest BCUT2D eigenvalue weighted by Gasteiger charge is -2.51. The minimum atomic E-state index is 0.578. The molecule has 0 amide bonds. The van der Waals surface area contributed by atoms with Crippen molar-refractivity contribution in [2.45, 2.75) is 33.6 Å². The van der Waals surface area contributed by atoms with E-state index in [1.807, 2.05) is 13.8 Å². The first kappa shape index (κ1) is 11.0. The maximum Gasteiger partial charge on any atom is 0.0547 e. The highest BCUT2D eigenvalue weighted by Gasteiger charge is 2.43. The van der Waals surface area contributed by atoms with Crippen LogP contribution in [0.25, 0.3) is 0 Å². The van der Waals surface area contributed by atoms with Gasteiger partial charge in [-0.05, 0) is 19.4 Å². The quantitative estimate of drug-likeness (QED) is 0.620. The Morgan fingerprint density at radius 1 is 1.31 bits per heavy atom. The molecule has 2 saturated heterocycles.